The Hall–Kier alpha value is -6.06. The van der Waals surface area contributed by atoms with Crippen LogP contribution in [-0.2, 0) is 0 Å². The number of rotatable bonds is 2. The molecule has 0 bridgehead atoms. The van der Waals surface area contributed by atoms with Gasteiger partial charge in [-0.05, 0) is 96.7 Å². The lowest BCUT2D eigenvalue weighted by atomic mass is 9.94. The van der Waals surface area contributed by atoms with Crippen LogP contribution in [0.3, 0.4) is 0 Å². The Balaban J connectivity index is 1.20. The molecule has 45 heavy (non-hydrogen) atoms. The highest BCUT2D eigenvalue weighted by atomic mass is 15.1. The maximum atomic E-state index is 5.17. The van der Waals surface area contributed by atoms with E-state index in [9.17, 15) is 0 Å². The van der Waals surface area contributed by atoms with Gasteiger partial charge in [0.15, 0.2) is 5.65 Å². The molecule has 8 aromatic carbocycles. The molecular weight excluding hydrogens is 546 g/mol. The molecule has 2 heterocycles. The molecule has 0 fully saturated rings. The van der Waals surface area contributed by atoms with Crippen LogP contribution in [0.1, 0.15) is 0 Å². The second kappa shape index (κ2) is 9.22. The van der Waals surface area contributed by atoms with E-state index in [1.54, 1.807) is 0 Å². The predicted octanol–water partition coefficient (Wildman–Crippen LogP) is 11.0. The number of fused-ring (bicyclic) bond motifs is 10. The fraction of sp³-hybridized carbons (Fsp3) is 0. The number of aromatic nitrogens is 3. The van der Waals surface area contributed by atoms with Gasteiger partial charge in [-0.2, -0.15) is 0 Å². The van der Waals surface area contributed by atoms with E-state index in [1.165, 1.54) is 48.7 Å². The highest BCUT2D eigenvalue weighted by Gasteiger charge is 2.17. The molecule has 208 valence electrons. The molecule has 0 radical (unpaired) electrons. The fourth-order valence-corrected chi connectivity index (χ4v) is 7.13. The predicted molar refractivity (Wildman–Crippen MR) is 189 cm³/mol. The summed E-state index contributed by atoms with van der Waals surface area (Å²) in [6, 6.07) is 54.5. The monoisotopic (exact) mass is 571 g/mol. The second-order valence-corrected chi connectivity index (χ2v) is 11.9. The third-order valence-electron chi connectivity index (χ3n) is 9.32. The van der Waals surface area contributed by atoms with Crippen LogP contribution in [0.2, 0.25) is 0 Å². The van der Waals surface area contributed by atoms with E-state index in [0.29, 0.717) is 0 Å². The maximum Gasteiger partial charge on any atom is 0.165 e. The van der Waals surface area contributed by atoms with Crippen molar-refractivity contribution in [3.63, 3.8) is 0 Å². The first-order chi connectivity index (χ1) is 22.3. The summed E-state index contributed by atoms with van der Waals surface area (Å²) in [5.74, 6) is 0. The van der Waals surface area contributed by atoms with E-state index in [4.69, 9.17) is 9.97 Å². The van der Waals surface area contributed by atoms with Gasteiger partial charge in [0.05, 0.1) is 16.6 Å². The van der Waals surface area contributed by atoms with Crippen LogP contribution in [0.5, 0.6) is 0 Å². The highest BCUT2D eigenvalue weighted by molar-refractivity contribution is 6.18. The van der Waals surface area contributed by atoms with Crippen molar-refractivity contribution in [2.24, 2.45) is 0 Å². The summed E-state index contributed by atoms with van der Waals surface area (Å²) in [6.45, 7) is 0. The van der Waals surface area contributed by atoms with Crippen molar-refractivity contribution < 1.29 is 0 Å². The molecule has 0 N–H and O–H groups in total. The summed E-state index contributed by atoms with van der Waals surface area (Å²) in [7, 11) is 0. The molecule has 3 heteroatoms. The van der Waals surface area contributed by atoms with E-state index in [1.807, 2.05) is 24.3 Å². The summed E-state index contributed by atoms with van der Waals surface area (Å²) in [4.78, 5) is 10.3. The summed E-state index contributed by atoms with van der Waals surface area (Å²) < 4.78 is 2.26. The lowest BCUT2D eigenvalue weighted by Crippen LogP contribution is -1.96. The molecule has 0 saturated heterocycles. The number of nitrogens with zero attached hydrogens (tertiary/aromatic N) is 3. The van der Waals surface area contributed by atoms with Gasteiger partial charge in [0, 0.05) is 11.1 Å². The van der Waals surface area contributed by atoms with Crippen LogP contribution >= 0.6 is 0 Å². The molecule has 10 aromatic rings. The van der Waals surface area contributed by atoms with E-state index in [-0.39, 0.29) is 0 Å². The van der Waals surface area contributed by atoms with Gasteiger partial charge < -0.3 is 0 Å². The van der Waals surface area contributed by atoms with Gasteiger partial charge >= 0.3 is 0 Å². The maximum absolute atomic E-state index is 5.17. The fourth-order valence-electron chi connectivity index (χ4n) is 7.13. The van der Waals surface area contributed by atoms with E-state index >= 15 is 0 Å². The quantitative estimate of drug-likeness (QED) is 0.193. The van der Waals surface area contributed by atoms with Gasteiger partial charge in [-0.25, -0.2) is 9.97 Å². The number of para-hydroxylation sites is 2. The zero-order valence-electron chi connectivity index (χ0n) is 24.3. The molecular formula is C42H25N3. The zero-order valence-corrected chi connectivity index (χ0v) is 24.3. The Kier molecular flexibility index (Phi) is 5.00. The Morgan fingerprint density at radius 1 is 0.378 bits per heavy atom. The third kappa shape index (κ3) is 3.65. The van der Waals surface area contributed by atoms with Gasteiger partial charge in [-0.15, -0.1) is 0 Å². The van der Waals surface area contributed by atoms with Crippen molar-refractivity contribution in [2.45, 2.75) is 0 Å². The number of hydrogen-bond donors (Lipinski definition) is 0. The van der Waals surface area contributed by atoms with Crippen molar-refractivity contribution >= 4 is 76.2 Å². The van der Waals surface area contributed by atoms with Gasteiger partial charge in [-0.1, -0.05) is 109 Å². The molecule has 0 unspecified atom stereocenters. The van der Waals surface area contributed by atoms with Crippen LogP contribution < -0.4 is 0 Å². The first-order valence-corrected chi connectivity index (χ1v) is 15.3. The molecule has 0 aliphatic rings. The molecule has 0 saturated carbocycles. The summed E-state index contributed by atoms with van der Waals surface area (Å²) >= 11 is 0. The summed E-state index contributed by atoms with van der Waals surface area (Å²) in [5, 5.41) is 11.2. The molecule has 0 aliphatic carbocycles. The van der Waals surface area contributed by atoms with Crippen molar-refractivity contribution in [1.82, 2.24) is 14.5 Å². The van der Waals surface area contributed by atoms with E-state index in [2.05, 4.69) is 132 Å². The minimum Gasteiger partial charge on any atom is -0.293 e. The molecule has 10 rings (SSSR count). The second-order valence-electron chi connectivity index (χ2n) is 11.9. The van der Waals surface area contributed by atoms with Crippen LogP contribution in [0.15, 0.2) is 152 Å². The molecule has 0 aliphatic heterocycles. The summed E-state index contributed by atoms with van der Waals surface area (Å²) in [6.07, 6.45) is 0. The summed E-state index contributed by atoms with van der Waals surface area (Å²) in [5.41, 5.74) is 8.10. The highest BCUT2D eigenvalue weighted by Crippen LogP contribution is 2.37. The lowest BCUT2D eigenvalue weighted by Gasteiger charge is -2.10. The molecule has 0 spiro atoms. The van der Waals surface area contributed by atoms with Crippen molar-refractivity contribution in [3.05, 3.63) is 152 Å². The molecule has 0 atom stereocenters. The average Bonchev–Trinajstić information content (AvgIpc) is 3.42. The number of hydrogen-bond acceptors (Lipinski definition) is 2. The smallest absolute Gasteiger partial charge is 0.165 e. The largest absolute Gasteiger partial charge is 0.293 e. The number of benzene rings is 8. The van der Waals surface area contributed by atoms with Gasteiger partial charge in [0.2, 0.25) is 0 Å². The van der Waals surface area contributed by atoms with Crippen LogP contribution in [0.4, 0.5) is 0 Å². The third-order valence-corrected chi connectivity index (χ3v) is 9.32. The van der Waals surface area contributed by atoms with E-state index < -0.39 is 0 Å². The van der Waals surface area contributed by atoms with Crippen molar-refractivity contribution in [3.8, 4) is 16.8 Å². The van der Waals surface area contributed by atoms with Gasteiger partial charge in [-0.3, -0.25) is 4.57 Å². The normalized spacial score (nSPS) is 12.0. The van der Waals surface area contributed by atoms with Crippen molar-refractivity contribution in [1.29, 1.82) is 0 Å². The van der Waals surface area contributed by atoms with Crippen LogP contribution in [-0.4, -0.2) is 14.5 Å². The topological polar surface area (TPSA) is 30.7 Å². The Morgan fingerprint density at radius 3 is 1.87 bits per heavy atom. The average molecular weight is 572 g/mol. The van der Waals surface area contributed by atoms with Crippen LogP contribution in [0, 0.1) is 0 Å². The first-order valence-electron chi connectivity index (χ1n) is 15.3. The first kappa shape index (κ1) is 24.4. The Labute approximate surface area is 258 Å². The Morgan fingerprint density at radius 2 is 1.00 bits per heavy atom. The zero-order chi connectivity index (χ0) is 29.5. The van der Waals surface area contributed by atoms with Crippen molar-refractivity contribution in [2.75, 3.05) is 0 Å². The lowest BCUT2D eigenvalue weighted by molar-refractivity contribution is 1.14. The van der Waals surface area contributed by atoms with E-state index in [0.717, 1.165) is 44.4 Å². The van der Waals surface area contributed by atoms with Gasteiger partial charge in [0.25, 0.3) is 0 Å². The van der Waals surface area contributed by atoms with Gasteiger partial charge in [0.1, 0.15) is 5.52 Å². The van der Waals surface area contributed by atoms with Crippen LogP contribution in [0.25, 0.3) is 93.0 Å². The minimum atomic E-state index is 0.869. The Bertz CT molecular complexity index is 2820. The molecule has 3 nitrogen and oxygen atoms in total. The molecule has 2 aromatic heterocycles. The standard InChI is InChI=1S/C42H25N3/c1-2-9-28-24-32(18-13-26(28)7-1)45-40-22-17-30(25-37(40)41-42(45)44-39-12-6-5-11-38(39)43-41)29-15-19-34-31(23-29)16-21-35-33-10-4-3-8-27(33)14-20-36(34)35/h1-25H. The molecule has 0 amide bonds. The minimum absolute atomic E-state index is 0.869. The SMILES string of the molecule is c1ccc2cc(-n3c4ccc(-c5ccc6c(ccc7c8ccccc8ccc67)c5)cc4c4nc5ccccc5nc43)ccc2c1.